The van der Waals surface area contributed by atoms with Gasteiger partial charge in [-0.25, -0.2) is 4.57 Å². The van der Waals surface area contributed by atoms with Crippen LogP contribution in [0.5, 0.6) is 0 Å². The van der Waals surface area contributed by atoms with Crippen molar-refractivity contribution in [3.05, 3.63) is 34.9 Å². The van der Waals surface area contributed by atoms with Gasteiger partial charge in [0.05, 0.1) is 6.61 Å². The Balaban J connectivity index is 2.39. The Morgan fingerprint density at radius 1 is 1.43 bits per heavy atom. The highest BCUT2D eigenvalue weighted by Crippen LogP contribution is 2.50. The third-order valence-electron chi connectivity index (χ3n) is 1.55. The molecule has 1 atom stereocenters. The lowest BCUT2D eigenvalue weighted by molar-refractivity contribution is 0.280. The van der Waals surface area contributed by atoms with Gasteiger partial charge in [0.1, 0.15) is 0 Å². The van der Waals surface area contributed by atoms with E-state index in [1.54, 1.807) is 12.1 Å². The monoisotopic (exact) mass is 298 g/mol. The van der Waals surface area contributed by atoms with E-state index in [2.05, 4.69) is 20.0 Å². The first-order valence-corrected chi connectivity index (χ1v) is 7.86. The van der Waals surface area contributed by atoms with Crippen molar-refractivity contribution in [2.75, 3.05) is 6.61 Å². The number of benzene rings is 1. The van der Waals surface area contributed by atoms with Gasteiger partial charge in [-0.3, -0.25) is 0 Å². The Morgan fingerprint density at radius 2 is 2.00 bits per heavy atom. The lowest BCUT2D eigenvalue weighted by atomic mass is 10.2. The summed E-state index contributed by atoms with van der Waals surface area (Å²) in [7, 11) is 0. The summed E-state index contributed by atoms with van der Waals surface area (Å²) in [6.07, 6.45) is -2.95. The van der Waals surface area contributed by atoms with Crippen molar-refractivity contribution < 1.29 is 14.0 Å². The SMILES string of the molecule is O=P(O)(Br)OCCc1ccc(Cl)cc1. The van der Waals surface area contributed by atoms with Crippen molar-refractivity contribution in [1.29, 1.82) is 0 Å². The minimum atomic E-state index is -3.53. The molecule has 0 amide bonds. The first kappa shape index (κ1) is 12.2. The van der Waals surface area contributed by atoms with Gasteiger partial charge in [0.15, 0.2) is 0 Å². The van der Waals surface area contributed by atoms with E-state index in [0.29, 0.717) is 11.4 Å². The van der Waals surface area contributed by atoms with Crippen LogP contribution in [0.3, 0.4) is 0 Å². The third kappa shape index (κ3) is 5.13. The van der Waals surface area contributed by atoms with Crippen LogP contribution < -0.4 is 0 Å². The predicted molar refractivity (Wildman–Crippen MR) is 59.9 cm³/mol. The van der Waals surface area contributed by atoms with Crippen molar-refractivity contribution in [2.45, 2.75) is 6.42 Å². The molecule has 0 aliphatic rings. The molecule has 3 nitrogen and oxygen atoms in total. The van der Waals surface area contributed by atoms with E-state index in [0.717, 1.165) is 5.56 Å². The molecule has 0 heterocycles. The van der Waals surface area contributed by atoms with Crippen LogP contribution in [0, 0.1) is 0 Å². The summed E-state index contributed by atoms with van der Waals surface area (Å²) in [6, 6.07) is 7.23. The third-order valence-corrected chi connectivity index (χ3v) is 2.92. The zero-order valence-corrected chi connectivity index (χ0v) is 10.4. The summed E-state index contributed by atoms with van der Waals surface area (Å²) < 4.78 is 15.3. The molecule has 1 aromatic rings. The second-order valence-corrected chi connectivity index (χ2v) is 6.95. The zero-order chi connectivity index (χ0) is 10.6. The van der Waals surface area contributed by atoms with Gasteiger partial charge in [-0.2, -0.15) is 0 Å². The van der Waals surface area contributed by atoms with Crippen molar-refractivity contribution in [3.8, 4) is 0 Å². The zero-order valence-electron chi connectivity index (χ0n) is 7.19. The van der Waals surface area contributed by atoms with E-state index in [9.17, 15) is 4.57 Å². The predicted octanol–water partition coefficient (Wildman–Crippen LogP) is 3.39. The highest BCUT2D eigenvalue weighted by molar-refractivity contribution is 9.39. The van der Waals surface area contributed by atoms with Crippen LogP contribution in [-0.4, -0.2) is 11.5 Å². The molecule has 0 aliphatic carbocycles. The second kappa shape index (κ2) is 5.29. The smallest absolute Gasteiger partial charge is 0.316 e. The Morgan fingerprint density at radius 3 is 2.50 bits per heavy atom. The van der Waals surface area contributed by atoms with Crippen LogP contribution in [0.15, 0.2) is 24.3 Å². The summed E-state index contributed by atoms with van der Waals surface area (Å²) in [6.45, 7) is 0.195. The Bertz CT molecular complexity index is 335. The fourth-order valence-electron chi connectivity index (χ4n) is 0.927. The minimum Gasteiger partial charge on any atom is -0.316 e. The van der Waals surface area contributed by atoms with Crippen LogP contribution >= 0.6 is 33.4 Å². The molecule has 78 valence electrons. The molecular formula is C8H9BrClO3P. The lowest BCUT2D eigenvalue weighted by Gasteiger charge is -2.04. The normalized spacial score (nSPS) is 15.1. The van der Waals surface area contributed by atoms with Crippen molar-refractivity contribution >= 4 is 33.4 Å². The molecule has 0 aromatic heterocycles. The van der Waals surface area contributed by atoms with E-state index in [1.165, 1.54) is 0 Å². The van der Waals surface area contributed by atoms with Gasteiger partial charge in [0, 0.05) is 20.5 Å². The summed E-state index contributed by atoms with van der Waals surface area (Å²) in [5.41, 5.74) is 1.01. The standard InChI is InChI=1S/C8H9BrClO3P/c9-14(11,12)13-6-5-7-1-3-8(10)4-2-7/h1-4H,5-6H2,(H,11,12). The molecule has 1 unspecified atom stereocenters. The van der Waals surface area contributed by atoms with E-state index >= 15 is 0 Å². The summed E-state index contributed by atoms with van der Waals surface area (Å²) in [5, 5.41) is 0.669. The minimum absolute atomic E-state index is 0.195. The maximum atomic E-state index is 10.7. The Hall–Kier alpha value is 0.140. The van der Waals surface area contributed by atoms with Gasteiger partial charge >= 0.3 is 6.30 Å². The molecule has 6 heteroatoms. The quantitative estimate of drug-likeness (QED) is 0.867. The first-order chi connectivity index (χ1) is 6.47. The van der Waals surface area contributed by atoms with Crippen LogP contribution in [0.25, 0.3) is 0 Å². The topological polar surface area (TPSA) is 46.5 Å². The van der Waals surface area contributed by atoms with E-state index in [4.69, 9.17) is 16.5 Å². The molecule has 0 aliphatic heterocycles. The van der Waals surface area contributed by atoms with Crippen molar-refractivity contribution in [2.24, 2.45) is 0 Å². The van der Waals surface area contributed by atoms with Crippen LogP contribution in [0.1, 0.15) is 5.56 Å². The fourth-order valence-corrected chi connectivity index (χ4v) is 1.80. The van der Waals surface area contributed by atoms with Gasteiger partial charge in [0.25, 0.3) is 0 Å². The van der Waals surface area contributed by atoms with Crippen molar-refractivity contribution in [3.63, 3.8) is 0 Å². The number of hydrogen-bond donors (Lipinski definition) is 1. The van der Waals surface area contributed by atoms with E-state index < -0.39 is 6.30 Å². The summed E-state index contributed by atoms with van der Waals surface area (Å²) in [5.74, 6) is 0. The van der Waals surface area contributed by atoms with Gasteiger partial charge in [-0.05, 0) is 24.1 Å². The largest absolute Gasteiger partial charge is 0.393 e. The maximum Gasteiger partial charge on any atom is 0.393 e. The molecule has 0 saturated carbocycles. The fraction of sp³-hybridized carbons (Fsp3) is 0.250. The van der Waals surface area contributed by atoms with Gasteiger partial charge in [-0.1, -0.05) is 23.7 Å². The average molecular weight is 299 g/mol. The van der Waals surface area contributed by atoms with E-state index in [1.807, 2.05) is 12.1 Å². The lowest BCUT2D eigenvalue weighted by Crippen LogP contribution is -1.94. The molecule has 0 radical (unpaired) electrons. The molecule has 0 bridgehead atoms. The number of halogens is 2. The number of hydrogen-bond acceptors (Lipinski definition) is 2. The molecule has 1 rings (SSSR count). The van der Waals surface area contributed by atoms with Gasteiger partial charge in [0.2, 0.25) is 0 Å². The molecular weight excluding hydrogens is 290 g/mol. The maximum absolute atomic E-state index is 10.7. The highest BCUT2D eigenvalue weighted by atomic mass is 79.9. The van der Waals surface area contributed by atoms with E-state index in [-0.39, 0.29) is 6.61 Å². The molecule has 14 heavy (non-hydrogen) atoms. The van der Waals surface area contributed by atoms with Crippen LogP contribution in [0.4, 0.5) is 0 Å². The summed E-state index contributed by atoms with van der Waals surface area (Å²) >= 11 is 8.23. The Kier molecular flexibility index (Phi) is 4.61. The average Bonchev–Trinajstić information content (AvgIpc) is 2.06. The molecule has 0 saturated heterocycles. The molecule has 1 aromatic carbocycles. The molecule has 0 spiro atoms. The van der Waals surface area contributed by atoms with Crippen molar-refractivity contribution in [1.82, 2.24) is 0 Å². The number of rotatable bonds is 4. The van der Waals surface area contributed by atoms with Gasteiger partial charge < -0.3 is 9.42 Å². The Labute approximate surface area is 95.3 Å². The summed E-state index contributed by atoms with van der Waals surface area (Å²) in [4.78, 5) is 8.77. The van der Waals surface area contributed by atoms with Crippen LogP contribution in [-0.2, 0) is 15.5 Å². The van der Waals surface area contributed by atoms with Crippen LogP contribution in [0.2, 0.25) is 5.02 Å². The first-order valence-electron chi connectivity index (χ1n) is 3.89. The van der Waals surface area contributed by atoms with Gasteiger partial charge in [-0.15, -0.1) is 0 Å². The molecule has 0 fully saturated rings. The second-order valence-electron chi connectivity index (χ2n) is 2.66. The highest BCUT2D eigenvalue weighted by Gasteiger charge is 2.11. The molecule has 1 N–H and O–H groups in total.